The molecule has 2 atom stereocenters. The highest BCUT2D eigenvalue weighted by molar-refractivity contribution is 7.10. The van der Waals surface area contributed by atoms with Crippen molar-refractivity contribution < 1.29 is 4.74 Å². The van der Waals surface area contributed by atoms with Crippen LogP contribution in [0.5, 0.6) is 5.75 Å². The first-order valence-corrected chi connectivity index (χ1v) is 7.41. The minimum atomic E-state index is 0.0680. The lowest BCUT2D eigenvalue weighted by Crippen LogP contribution is -2.39. The second-order valence-corrected chi connectivity index (χ2v) is 5.73. The molecule has 20 heavy (non-hydrogen) atoms. The van der Waals surface area contributed by atoms with Crippen LogP contribution in [-0.2, 0) is 0 Å². The molecule has 2 aromatic rings. The molecule has 1 aliphatic rings. The molecule has 0 bridgehead atoms. The van der Waals surface area contributed by atoms with Crippen molar-refractivity contribution in [3.05, 3.63) is 52.2 Å². The quantitative estimate of drug-likeness (QED) is 0.912. The van der Waals surface area contributed by atoms with Crippen molar-refractivity contribution in [2.24, 2.45) is 10.7 Å². The zero-order valence-electron chi connectivity index (χ0n) is 11.2. The molecule has 3 rings (SSSR count). The third kappa shape index (κ3) is 2.63. The molecule has 2 heterocycles. The summed E-state index contributed by atoms with van der Waals surface area (Å²) < 4.78 is 5.28. The molecule has 0 spiro atoms. The molecule has 1 aromatic heterocycles. The van der Waals surface area contributed by atoms with Crippen LogP contribution < -0.4 is 15.8 Å². The van der Waals surface area contributed by atoms with Gasteiger partial charge >= 0.3 is 0 Å². The Morgan fingerprint density at radius 1 is 1.35 bits per heavy atom. The number of ether oxygens (including phenoxy) is 1. The highest BCUT2D eigenvalue weighted by Crippen LogP contribution is 2.34. The first-order valence-electron chi connectivity index (χ1n) is 6.53. The van der Waals surface area contributed by atoms with Gasteiger partial charge in [0.15, 0.2) is 5.96 Å². The summed E-state index contributed by atoms with van der Waals surface area (Å²) in [5.41, 5.74) is 7.08. The Kier molecular flexibility index (Phi) is 3.60. The Bertz CT molecular complexity index is 609. The molecule has 0 radical (unpaired) electrons. The molecular weight excluding hydrogens is 270 g/mol. The van der Waals surface area contributed by atoms with Gasteiger partial charge in [0, 0.05) is 4.88 Å². The SMILES string of the molecule is COc1cccc(C2CC(c3cccs3)NC(N)=N2)c1. The summed E-state index contributed by atoms with van der Waals surface area (Å²) in [4.78, 5) is 5.81. The van der Waals surface area contributed by atoms with E-state index >= 15 is 0 Å². The van der Waals surface area contributed by atoms with Crippen molar-refractivity contribution in [2.75, 3.05) is 7.11 Å². The van der Waals surface area contributed by atoms with E-state index in [9.17, 15) is 0 Å². The second-order valence-electron chi connectivity index (χ2n) is 4.75. The second kappa shape index (κ2) is 5.54. The summed E-state index contributed by atoms with van der Waals surface area (Å²) in [6.45, 7) is 0. The summed E-state index contributed by atoms with van der Waals surface area (Å²) in [5.74, 6) is 1.35. The van der Waals surface area contributed by atoms with Crippen molar-refractivity contribution in [2.45, 2.75) is 18.5 Å². The number of thiophene rings is 1. The number of nitrogens with one attached hydrogen (secondary N) is 1. The molecule has 1 aromatic carbocycles. The summed E-state index contributed by atoms with van der Waals surface area (Å²) in [6, 6.07) is 12.5. The van der Waals surface area contributed by atoms with Crippen molar-refractivity contribution in [1.29, 1.82) is 0 Å². The minimum Gasteiger partial charge on any atom is -0.497 e. The molecule has 0 saturated carbocycles. The zero-order valence-corrected chi connectivity index (χ0v) is 12.1. The largest absolute Gasteiger partial charge is 0.497 e. The molecule has 0 fully saturated rings. The van der Waals surface area contributed by atoms with Crippen LogP contribution in [0.2, 0.25) is 0 Å². The Labute approximate surface area is 122 Å². The van der Waals surface area contributed by atoms with E-state index in [2.05, 4.69) is 33.9 Å². The van der Waals surface area contributed by atoms with Gasteiger partial charge in [0.05, 0.1) is 19.2 Å². The highest BCUT2D eigenvalue weighted by Gasteiger charge is 2.25. The lowest BCUT2D eigenvalue weighted by Gasteiger charge is -2.28. The summed E-state index contributed by atoms with van der Waals surface area (Å²) in [7, 11) is 1.67. The van der Waals surface area contributed by atoms with Gasteiger partial charge in [-0.1, -0.05) is 18.2 Å². The van der Waals surface area contributed by atoms with E-state index in [1.165, 1.54) is 4.88 Å². The molecule has 0 saturated heterocycles. The van der Waals surface area contributed by atoms with E-state index in [0.717, 1.165) is 17.7 Å². The van der Waals surface area contributed by atoms with Crippen LogP contribution in [0.4, 0.5) is 0 Å². The van der Waals surface area contributed by atoms with E-state index in [-0.39, 0.29) is 12.1 Å². The number of methoxy groups -OCH3 is 1. The third-order valence-electron chi connectivity index (χ3n) is 3.44. The number of nitrogens with zero attached hydrogens (tertiary/aromatic N) is 1. The van der Waals surface area contributed by atoms with Gasteiger partial charge < -0.3 is 15.8 Å². The fraction of sp³-hybridized carbons (Fsp3) is 0.267. The maximum absolute atomic E-state index is 5.94. The number of aliphatic imine (C=N–C) groups is 1. The molecule has 3 N–H and O–H groups in total. The predicted molar refractivity (Wildman–Crippen MR) is 82.2 cm³/mol. The number of rotatable bonds is 3. The van der Waals surface area contributed by atoms with E-state index in [1.807, 2.05) is 18.2 Å². The van der Waals surface area contributed by atoms with Gasteiger partial charge in [-0.15, -0.1) is 11.3 Å². The number of nitrogens with two attached hydrogens (primary N) is 1. The fourth-order valence-corrected chi connectivity index (χ4v) is 3.25. The van der Waals surface area contributed by atoms with Crippen LogP contribution in [-0.4, -0.2) is 13.1 Å². The van der Waals surface area contributed by atoms with E-state index in [1.54, 1.807) is 18.4 Å². The van der Waals surface area contributed by atoms with Gasteiger partial charge in [0.25, 0.3) is 0 Å². The van der Waals surface area contributed by atoms with Gasteiger partial charge in [-0.05, 0) is 35.6 Å². The van der Waals surface area contributed by atoms with Crippen molar-refractivity contribution in [1.82, 2.24) is 5.32 Å². The molecule has 0 aliphatic carbocycles. The van der Waals surface area contributed by atoms with Crippen molar-refractivity contribution >= 4 is 17.3 Å². The molecule has 4 nitrogen and oxygen atoms in total. The van der Waals surface area contributed by atoms with Crippen LogP contribution in [0.1, 0.15) is 28.9 Å². The van der Waals surface area contributed by atoms with Crippen LogP contribution in [0.3, 0.4) is 0 Å². The van der Waals surface area contributed by atoms with Gasteiger partial charge in [0.2, 0.25) is 0 Å². The van der Waals surface area contributed by atoms with Crippen molar-refractivity contribution in [3.8, 4) is 5.75 Å². The van der Waals surface area contributed by atoms with Crippen LogP contribution in [0.15, 0.2) is 46.8 Å². The Morgan fingerprint density at radius 2 is 2.25 bits per heavy atom. The van der Waals surface area contributed by atoms with Crippen LogP contribution in [0.25, 0.3) is 0 Å². The average molecular weight is 287 g/mol. The fourth-order valence-electron chi connectivity index (χ4n) is 2.45. The maximum atomic E-state index is 5.94. The van der Waals surface area contributed by atoms with Gasteiger partial charge in [-0.25, -0.2) is 4.99 Å². The molecule has 5 heteroatoms. The predicted octanol–water partition coefficient (Wildman–Crippen LogP) is 2.85. The first kappa shape index (κ1) is 13.0. The molecule has 0 amide bonds. The summed E-state index contributed by atoms with van der Waals surface area (Å²) >= 11 is 1.74. The standard InChI is InChI=1S/C15H17N3OS/c1-19-11-5-2-4-10(8-11)12-9-13(18-15(16)17-12)14-6-3-7-20-14/h2-8,12-13H,9H2,1H3,(H3,16,17,18). The number of hydrogen-bond acceptors (Lipinski definition) is 5. The van der Waals surface area contributed by atoms with E-state index < -0.39 is 0 Å². The number of benzene rings is 1. The van der Waals surface area contributed by atoms with Crippen LogP contribution >= 0.6 is 11.3 Å². The lowest BCUT2D eigenvalue weighted by atomic mass is 9.97. The van der Waals surface area contributed by atoms with Crippen LogP contribution in [0, 0.1) is 0 Å². The Balaban J connectivity index is 1.87. The lowest BCUT2D eigenvalue weighted by molar-refractivity contribution is 0.412. The zero-order chi connectivity index (χ0) is 13.9. The summed E-state index contributed by atoms with van der Waals surface area (Å²) in [5, 5.41) is 5.34. The number of hydrogen-bond donors (Lipinski definition) is 2. The van der Waals surface area contributed by atoms with E-state index in [0.29, 0.717) is 5.96 Å². The topological polar surface area (TPSA) is 59.6 Å². The average Bonchev–Trinajstić information content (AvgIpc) is 3.01. The Morgan fingerprint density at radius 3 is 3.00 bits per heavy atom. The molecule has 1 aliphatic heterocycles. The third-order valence-corrected chi connectivity index (χ3v) is 4.43. The highest BCUT2D eigenvalue weighted by atomic mass is 32.1. The van der Waals surface area contributed by atoms with E-state index in [4.69, 9.17) is 10.5 Å². The minimum absolute atomic E-state index is 0.0680. The summed E-state index contributed by atoms with van der Waals surface area (Å²) in [6.07, 6.45) is 0.897. The number of guanidine groups is 1. The van der Waals surface area contributed by atoms with Gasteiger partial charge in [-0.2, -0.15) is 0 Å². The maximum Gasteiger partial charge on any atom is 0.189 e. The first-order chi connectivity index (χ1) is 9.76. The molecule has 2 unspecified atom stereocenters. The Hall–Kier alpha value is -2.01. The molecular formula is C15H17N3OS. The normalized spacial score (nSPS) is 21.9. The molecule has 104 valence electrons. The van der Waals surface area contributed by atoms with Gasteiger partial charge in [-0.3, -0.25) is 0 Å². The smallest absolute Gasteiger partial charge is 0.189 e. The monoisotopic (exact) mass is 287 g/mol. The van der Waals surface area contributed by atoms with Crippen molar-refractivity contribution in [3.63, 3.8) is 0 Å². The van der Waals surface area contributed by atoms with Gasteiger partial charge in [0.1, 0.15) is 5.75 Å².